The van der Waals surface area contributed by atoms with Crippen molar-refractivity contribution in [2.45, 2.75) is 51.1 Å². The summed E-state index contributed by atoms with van der Waals surface area (Å²) in [7, 11) is 0. The predicted octanol–water partition coefficient (Wildman–Crippen LogP) is 5.09. The molecule has 1 aromatic carbocycles. The molecule has 0 saturated carbocycles. The number of nitrogens with zero attached hydrogens (tertiary/aromatic N) is 5. The molecule has 2 atom stereocenters. The van der Waals surface area contributed by atoms with Gasteiger partial charge in [0.1, 0.15) is 11.6 Å². The third kappa shape index (κ3) is 4.99. The molecule has 3 aromatic heterocycles. The number of likely N-dealkylation sites (tertiary alicyclic amines) is 1. The number of pyridine rings is 1. The molecular weight excluding hydrogens is 500 g/mol. The van der Waals surface area contributed by atoms with Crippen molar-refractivity contribution in [3.05, 3.63) is 83.3 Å². The van der Waals surface area contributed by atoms with Crippen LogP contribution in [0.1, 0.15) is 49.7 Å². The summed E-state index contributed by atoms with van der Waals surface area (Å²) < 4.78 is 32.0. The molecule has 8 nitrogen and oxygen atoms in total. The molecule has 1 aliphatic carbocycles. The average molecular weight is 530 g/mol. The van der Waals surface area contributed by atoms with Crippen LogP contribution in [0.5, 0.6) is 0 Å². The maximum absolute atomic E-state index is 15.2. The molecule has 2 aliphatic rings. The molecule has 1 amide bonds. The highest BCUT2D eigenvalue weighted by Crippen LogP contribution is 2.37. The number of imidazole rings is 1. The second-order valence-corrected chi connectivity index (χ2v) is 10.4. The largest absolute Gasteiger partial charge is 0.338 e. The monoisotopic (exact) mass is 529 g/mol. The minimum Gasteiger partial charge on any atom is -0.338 e. The van der Waals surface area contributed by atoms with Gasteiger partial charge in [0.25, 0.3) is 0 Å². The van der Waals surface area contributed by atoms with Gasteiger partial charge in [-0.25, -0.2) is 13.8 Å². The van der Waals surface area contributed by atoms with E-state index < -0.39 is 11.6 Å². The van der Waals surface area contributed by atoms with Crippen molar-refractivity contribution in [3.8, 4) is 11.3 Å². The zero-order chi connectivity index (χ0) is 27.1. The molecule has 6 rings (SSSR count). The highest BCUT2D eigenvalue weighted by Gasteiger charge is 2.24. The van der Waals surface area contributed by atoms with E-state index in [-0.39, 0.29) is 35.7 Å². The summed E-state index contributed by atoms with van der Waals surface area (Å²) in [4.78, 5) is 22.3. The van der Waals surface area contributed by atoms with Crippen LogP contribution in [-0.2, 0) is 11.3 Å². The summed E-state index contributed by atoms with van der Waals surface area (Å²) in [6, 6.07) is 7.81. The number of allylic oxidation sites excluding steroid dienone is 1. The molecule has 4 aromatic rings. The van der Waals surface area contributed by atoms with Crippen LogP contribution < -0.4 is 11.1 Å². The molecular formula is C29H29F2N7O. The number of aromatic nitrogens is 4. The maximum atomic E-state index is 15.2. The lowest BCUT2D eigenvalue weighted by molar-refractivity contribution is -0.128. The minimum atomic E-state index is -0.732. The molecule has 1 saturated heterocycles. The number of hydrogen-bond acceptors (Lipinski definition) is 6. The molecule has 0 spiro atoms. The number of amides is 1. The number of fused-ring (bicyclic) bond motifs is 1. The van der Waals surface area contributed by atoms with Gasteiger partial charge in [-0.2, -0.15) is 9.61 Å². The van der Waals surface area contributed by atoms with Gasteiger partial charge in [0, 0.05) is 31.7 Å². The van der Waals surface area contributed by atoms with Gasteiger partial charge in [-0.1, -0.05) is 11.6 Å². The lowest BCUT2D eigenvalue weighted by Crippen LogP contribution is -2.25. The molecule has 3 N–H and O–H groups in total. The van der Waals surface area contributed by atoms with E-state index in [9.17, 15) is 4.79 Å². The fraction of sp³-hybridized carbons (Fsp3) is 0.310. The van der Waals surface area contributed by atoms with Crippen molar-refractivity contribution in [2.24, 2.45) is 5.73 Å². The third-order valence-electron chi connectivity index (χ3n) is 7.45. The van der Waals surface area contributed by atoms with Gasteiger partial charge in [0.05, 0.1) is 34.9 Å². The van der Waals surface area contributed by atoms with Gasteiger partial charge in [-0.05, 0) is 73.6 Å². The first kappa shape index (κ1) is 25.1. The van der Waals surface area contributed by atoms with Gasteiger partial charge in [0.2, 0.25) is 11.9 Å². The van der Waals surface area contributed by atoms with E-state index in [4.69, 9.17) is 5.73 Å². The molecule has 39 heavy (non-hydrogen) atoms. The van der Waals surface area contributed by atoms with Gasteiger partial charge in [-0.15, -0.1) is 0 Å². The van der Waals surface area contributed by atoms with Crippen LogP contribution in [0.4, 0.5) is 20.4 Å². The van der Waals surface area contributed by atoms with E-state index in [0.717, 1.165) is 30.5 Å². The molecule has 10 heteroatoms. The first-order chi connectivity index (χ1) is 18.9. The number of carbonyl (C=O) groups is 1. The highest BCUT2D eigenvalue weighted by molar-refractivity contribution is 5.78. The predicted molar refractivity (Wildman–Crippen MR) is 144 cm³/mol. The van der Waals surface area contributed by atoms with Crippen LogP contribution in [0.2, 0.25) is 0 Å². The number of halogens is 2. The Morgan fingerprint density at radius 3 is 2.72 bits per heavy atom. The Morgan fingerprint density at radius 1 is 1.15 bits per heavy atom. The number of carbonyl (C=O) groups excluding carboxylic acids is 1. The van der Waals surface area contributed by atoms with Crippen LogP contribution in [0.25, 0.3) is 16.8 Å². The number of anilines is 2. The van der Waals surface area contributed by atoms with E-state index in [2.05, 4.69) is 33.4 Å². The van der Waals surface area contributed by atoms with Gasteiger partial charge >= 0.3 is 0 Å². The standard InChI is InChI=1S/C29H29F2N7O/c1-17-9-19(13-20(32)10-17)22-6-7-33-15-26(22)35-29-34-14-21-4-5-25(36-38(21)29)28-23(30)11-18(12-24(28)31)16-37-8-2-3-27(37)39/h4-7,10-12,14-15,19-20H,2-3,8-9,13,16,32H2,1H3,(H,34,35). The molecule has 0 bridgehead atoms. The van der Waals surface area contributed by atoms with Crippen molar-refractivity contribution in [1.82, 2.24) is 24.5 Å². The lowest BCUT2D eigenvalue weighted by Gasteiger charge is -2.27. The lowest BCUT2D eigenvalue weighted by atomic mass is 9.82. The van der Waals surface area contributed by atoms with E-state index in [1.165, 1.54) is 22.2 Å². The molecule has 1 fully saturated rings. The van der Waals surface area contributed by atoms with Crippen molar-refractivity contribution >= 4 is 23.1 Å². The van der Waals surface area contributed by atoms with Crippen molar-refractivity contribution < 1.29 is 13.6 Å². The quantitative estimate of drug-likeness (QED) is 0.338. The van der Waals surface area contributed by atoms with Crippen LogP contribution in [-0.4, -0.2) is 43.0 Å². The molecule has 200 valence electrons. The van der Waals surface area contributed by atoms with Crippen molar-refractivity contribution in [3.63, 3.8) is 0 Å². The smallest absolute Gasteiger partial charge is 0.229 e. The Kier molecular flexibility index (Phi) is 6.56. The number of benzene rings is 1. The molecule has 0 radical (unpaired) electrons. The summed E-state index contributed by atoms with van der Waals surface area (Å²) in [5.41, 5.74) is 10.3. The zero-order valence-electron chi connectivity index (χ0n) is 21.6. The average Bonchev–Trinajstić information content (AvgIpc) is 3.49. The second kappa shape index (κ2) is 10.2. The summed E-state index contributed by atoms with van der Waals surface area (Å²) in [6.45, 7) is 2.87. The minimum absolute atomic E-state index is 0.00172. The van der Waals surface area contributed by atoms with E-state index in [1.807, 2.05) is 6.07 Å². The highest BCUT2D eigenvalue weighted by atomic mass is 19.1. The van der Waals surface area contributed by atoms with Gasteiger partial charge in [-0.3, -0.25) is 9.78 Å². The maximum Gasteiger partial charge on any atom is 0.229 e. The van der Waals surface area contributed by atoms with Crippen LogP contribution in [0.3, 0.4) is 0 Å². The summed E-state index contributed by atoms with van der Waals surface area (Å²) >= 11 is 0. The van der Waals surface area contributed by atoms with Crippen LogP contribution >= 0.6 is 0 Å². The summed E-state index contributed by atoms with van der Waals surface area (Å²) in [5.74, 6) is -0.836. The normalized spacial score (nSPS) is 19.5. The number of nitrogens with one attached hydrogen (secondary N) is 1. The molecule has 1 aliphatic heterocycles. The third-order valence-corrected chi connectivity index (χ3v) is 7.45. The van der Waals surface area contributed by atoms with Gasteiger partial charge < -0.3 is 16.0 Å². The topological polar surface area (TPSA) is 101 Å². The first-order valence-electron chi connectivity index (χ1n) is 13.1. The SMILES string of the molecule is CC1=CC(N)CC(c2ccncc2Nc2ncc3ccc(-c4c(F)cc(CN5CCCC5=O)cc4F)nn23)C1. The van der Waals surface area contributed by atoms with E-state index in [0.29, 0.717) is 30.0 Å². The van der Waals surface area contributed by atoms with Crippen molar-refractivity contribution in [2.75, 3.05) is 11.9 Å². The number of rotatable bonds is 6. The van der Waals surface area contributed by atoms with Crippen LogP contribution in [0, 0.1) is 11.6 Å². The Bertz CT molecular complexity index is 1570. The fourth-order valence-electron chi connectivity index (χ4n) is 5.68. The summed E-state index contributed by atoms with van der Waals surface area (Å²) in [6.07, 6.45) is 10.2. The molecule has 4 heterocycles. The fourth-order valence-corrected chi connectivity index (χ4v) is 5.68. The number of hydrogen-bond donors (Lipinski definition) is 2. The Labute approximate surface area is 224 Å². The molecule has 2 unspecified atom stereocenters. The van der Waals surface area contributed by atoms with Crippen molar-refractivity contribution in [1.29, 1.82) is 0 Å². The van der Waals surface area contributed by atoms with E-state index in [1.54, 1.807) is 35.6 Å². The van der Waals surface area contributed by atoms with E-state index >= 15 is 8.78 Å². The van der Waals surface area contributed by atoms with Crippen LogP contribution in [0.15, 0.2) is 60.6 Å². The Hall–Kier alpha value is -4.18. The second-order valence-electron chi connectivity index (χ2n) is 10.4. The Morgan fingerprint density at radius 2 is 1.97 bits per heavy atom. The summed E-state index contributed by atoms with van der Waals surface area (Å²) in [5, 5.41) is 7.86. The first-order valence-corrected chi connectivity index (χ1v) is 13.1. The zero-order valence-corrected chi connectivity index (χ0v) is 21.6. The van der Waals surface area contributed by atoms with Gasteiger partial charge in [0.15, 0.2) is 0 Å². The Balaban J connectivity index is 1.31. The number of nitrogens with two attached hydrogens (primary N) is 1.